The van der Waals surface area contributed by atoms with Gasteiger partial charge in [-0.15, -0.1) is 0 Å². The summed E-state index contributed by atoms with van der Waals surface area (Å²) >= 11 is 0. The molecule has 0 bridgehead atoms. The highest BCUT2D eigenvalue weighted by Crippen LogP contribution is 2.37. The highest BCUT2D eigenvalue weighted by Gasteiger charge is 2.37. The Bertz CT molecular complexity index is 2790. The van der Waals surface area contributed by atoms with Crippen LogP contribution in [0.2, 0.25) is 0 Å². The first-order chi connectivity index (χ1) is 35.5. The summed E-state index contributed by atoms with van der Waals surface area (Å²) in [6.07, 6.45) is 5.44. The van der Waals surface area contributed by atoms with Gasteiger partial charge in [0.2, 0.25) is 11.9 Å². The van der Waals surface area contributed by atoms with Crippen LogP contribution in [-0.2, 0) is 22.3 Å². The lowest BCUT2D eigenvalue weighted by Crippen LogP contribution is -2.52. The van der Waals surface area contributed by atoms with Crippen molar-refractivity contribution in [3.63, 3.8) is 0 Å². The molecule has 0 radical (unpaired) electrons. The quantitative estimate of drug-likeness (QED) is 0.110. The van der Waals surface area contributed by atoms with Crippen LogP contribution in [0.25, 0.3) is 11.4 Å². The number of fused-ring (bicyclic) bond motifs is 1. The van der Waals surface area contributed by atoms with Crippen molar-refractivity contribution in [2.75, 3.05) is 113 Å². The van der Waals surface area contributed by atoms with Crippen LogP contribution in [-0.4, -0.2) is 153 Å². The standard InChI is InChI=1S/C55H65N13O5/c1-64(2)47-19-22-66(23-20-47)51(69)38-10-16-45(17-11-38)59-54(70)58-44-14-8-37(9-15-44)50-61-52(67-24-27-72-28-25-67)63-53(62-50)68-26-29-73-49(35-68)40-7-6-39-30-42(32-41(39)31-40)48-33-46(18-21-65(48)3)60-55(71)57-43-12-4-36(34-56)5-13-43/h4-17,31,42,46-49H,18-30,32-33,35H2,1-3H3,(H2,57,60,71)(H2,58,59,70)/t42?,46-,48-,49?/m1/s1. The summed E-state index contributed by atoms with van der Waals surface area (Å²) in [4.78, 5) is 65.2. The van der Waals surface area contributed by atoms with Gasteiger partial charge in [-0.2, -0.15) is 20.2 Å². The van der Waals surface area contributed by atoms with Crippen molar-refractivity contribution in [2.45, 2.75) is 62.8 Å². The van der Waals surface area contributed by atoms with Crippen molar-refractivity contribution in [3.05, 3.63) is 119 Å². The van der Waals surface area contributed by atoms with Crippen LogP contribution in [0, 0.1) is 17.2 Å². The highest BCUT2D eigenvalue weighted by atomic mass is 16.5. The van der Waals surface area contributed by atoms with E-state index in [-0.39, 0.29) is 24.1 Å². The second-order valence-corrected chi connectivity index (χ2v) is 20.1. The molecule has 5 amide bonds. The Morgan fingerprint density at radius 3 is 2.01 bits per heavy atom. The number of nitriles is 1. The number of urea groups is 2. The second kappa shape index (κ2) is 22.3. The van der Waals surface area contributed by atoms with Crippen LogP contribution in [0.15, 0.2) is 91.0 Å². The van der Waals surface area contributed by atoms with E-state index in [1.807, 2.05) is 29.2 Å². The summed E-state index contributed by atoms with van der Waals surface area (Å²) < 4.78 is 12.1. The third kappa shape index (κ3) is 11.9. The van der Waals surface area contributed by atoms with Gasteiger partial charge in [0.25, 0.3) is 5.91 Å². The molecule has 5 aromatic rings. The van der Waals surface area contributed by atoms with Gasteiger partial charge >= 0.3 is 12.1 Å². The number of morpholine rings is 2. The van der Waals surface area contributed by atoms with Gasteiger partial charge in [-0.05, 0) is 155 Å². The van der Waals surface area contributed by atoms with E-state index in [4.69, 9.17) is 29.7 Å². The smallest absolute Gasteiger partial charge is 0.323 e. The second-order valence-electron chi connectivity index (χ2n) is 20.1. The van der Waals surface area contributed by atoms with E-state index in [0.29, 0.717) is 110 Å². The van der Waals surface area contributed by atoms with E-state index in [0.717, 1.165) is 69.3 Å². The minimum atomic E-state index is -0.400. The predicted molar refractivity (Wildman–Crippen MR) is 281 cm³/mol. The van der Waals surface area contributed by atoms with E-state index in [1.165, 1.54) is 11.1 Å². The Balaban J connectivity index is 0.766. The Labute approximate surface area is 427 Å². The van der Waals surface area contributed by atoms with Gasteiger partial charge in [0.15, 0.2) is 5.82 Å². The molecular formula is C55H65N13O5. The predicted octanol–water partition coefficient (Wildman–Crippen LogP) is 6.63. The number of likely N-dealkylation sites (tertiary alicyclic amines) is 2. The summed E-state index contributed by atoms with van der Waals surface area (Å²) in [6.45, 7) is 6.59. The molecule has 18 nitrogen and oxygen atoms in total. The van der Waals surface area contributed by atoms with Crippen molar-refractivity contribution >= 4 is 46.9 Å². The number of piperidine rings is 2. The fourth-order valence-electron chi connectivity index (χ4n) is 10.9. The summed E-state index contributed by atoms with van der Waals surface area (Å²) in [5.74, 6) is 2.14. The fraction of sp³-hybridized carbons (Fsp3) is 0.436. The molecule has 5 aliphatic rings. The lowest BCUT2D eigenvalue weighted by molar-refractivity contribution is 0.0391. The largest absolute Gasteiger partial charge is 0.378 e. The molecule has 1 aliphatic carbocycles. The third-order valence-electron chi connectivity index (χ3n) is 15.2. The van der Waals surface area contributed by atoms with Crippen LogP contribution >= 0.6 is 0 Å². The lowest BCUT2D eigenvalue weighted by atomic mass is 9.86. The summed E-state index contributed by atoms with van der Waals surface area (Å²) in [6, 6.07) is 30.6. The van der Waals surface area contributed by atoms with Crippen LogP contribution in [0.4, 0.5) is 38.5 Å². The first-order valence-corrected chi connectivity index (χ1v) is 25.6. The van der Waals surface area contributed by atoms with Gasteiger partial charge in [-0.25, -0.2) is 9.59 Å². The molecule has 73 heavy (non-hydrogen) atoms. The van der Waals surface area contributed by atoms with Crippen molar-refractivity contribution in [1.82, 2.24) is 35.0 Å². The average Bonchev–Trinajstić information content (AvgIpc) is 3.85. The van der Waals surface area contributed by atoms with E-state index < -0.39 is 6.03 Å². The number of nitrogens with zero attached hydrogens (tertiary/aromatic N) is 9. The molecule has 380 valence electrons. The average molecular weight is 988 g/mol. The summed E-state index contributed by atoms with van der Waals surface area (Å²) in [5.41, 5.74) is 7.63. The van der Waals surface area contributed by atoms with Gasteiger partial charge in [0, 0.05) is 85.6 Å². The SMILES string of the molecule is CN(C)C1CCN(C(=O)c2ccc(NC(=O)Nc3ccc(-c4nc(N5CCOCC5)nc(N5CCOC(c6ccc7c(c6)CC([C@H]6C[C@H](NC(=O)Nc8ccc(C#N)cc8)CCN6C)C7)C5)n4)cc3)cc2)CC1. The molecular weight excluding hydrogens is 923 g/mol. The van der Waals surface area contributed by atoms with Crippen molar-refractivity contribution in [1.29, 1.82) is 5.26 Å². The molecule has 4 saturated heterocycles. The molecule has 4 N–H and O–H groups in total. The number of carbonyl (C=O) groups is 3. The molecule has 4 fully saturated rings. The molecule has 4 atom stereocenters. The monoisotopic (exact) mass is 988 g/mol. The number of hydrogen-bond acceptors (Lipinski definition) is 13. The van der Waals surface area contributed by atoms with Crippen molar-refractivity contribution < 1.29 is 23.9 Å². The maximum absolute atomic E-state index is 13.2. The number of nitrogens with one attached hydrogen (secondary N) is 4. The molecule has 10 rings (SSSR count). The minimum absolute atomic E-state index is 0.00980. The van der Waals surface area contributed by atoms with E-state index in [9.17, 15) is 14.4 Å². The highest BCUT2D eigenvalue weighted by molar-refractivity contribution is 6.00. The first kappa shape index (κ1) is 49.4. The Kier molecular flexibility index (Phi) is 15.1. The number of anilines is 5. The normalized spacial score (nSPS) is 21.5. The zero-order valence-electron chi connectivity index (χ0n) is 41.9. The number of carbonyl (C=O) groups excluding carboxylic acids is 3. The third-order valence-corrected chi connectivity index (χ3v) is 15.2. The Hall–Kier alpha value is -7.17. The van der Waals surface area contributed by atoms with E-state index in [2.05, 4.69) is 86.3 Å². The number of hydrogen-bond donors (Lipinski definition) is 4. The first-order valence-electron chi connectivity index (χ1n) is 25.6. The van der Waals surface area contributed by atoms with Gasteiger partial charge in [-0.1, -0.05) is 18.2 Å². The molecule has 4 aliphatic heterocycles. The maximum Gasteiger partial charge on any atom is 0.323 e. The van der Waals surface area contributed by atoms with E-state index >= 15 is 0 Å². The fourth-order valence-corrected chi connectivity index (χ4v) is 10.9. The van der Waals surface area contributed by atoms with Gasteiger partial charge in [-0.3, -0.25) is 4.79 Å². The van der Waals surface area contributed by atoms with Gasteiger partial charge < -0.3 is 55.2 Å². The molecule has 0 saturated carbocycles. The molecule has 1 aromatic heterocycles. The molecule has 2 unspecified atom stereocenters. The van der Waals surface area contributed by atoms with Gasteiger partial charge in [0.05, 0.1) is 38.0 Å². The zero-order chi connectivity index (χ0) is 50.4. The number of rotatable bonds is 11. The zero-order valence-corrected chi connectivity index (χ0v) is 41.9. The molecule has 5 heterocycles. The summed E-state index contributed by atoms with van der Waals surface area (Å²) in [7, 11) is 6.37. The minimum Gasteiger partial charge on any atom is -0.378 e. The molecule has 18 heteroatoms. The van der Waals surface area contributed by atoms with Crippen LogP contribution < -0.4 is 31.1 Å². The maximum atomic E-state index is 13.2. The Morgan fingerprint density at radius 1 is 0.699 bits per heavy atom. The topological polar surface area (TPSA) is 196 Å². The van der Waals surface area contributed by atoms with Crippen LogP contribution in [0.5, 0.6) is 0 Å². The van der Waals surface area contributed by atoms with Gasteiger partial charge in [0.1, 0.15) is 6.10 Å². The number of ether oxygens (including phenoxy) is 2. The van der Waals surface area contributed by atoms with Crippen molar-refractivity contribution in [2.24, 2.45) is 5.92 Å². The lowest BCUT2D eigenvalue weighted by Gasteiger charge is -2.40. The Morgan fingerprint density at radius 2 is 1.33 bits per heavy atom. The van der Waals surface area contributed by atoms with Crippen molar-refractivity contribution in [3.8, 4) is 17.5 Å². The molecule has 0 spiro atoms. The molecule has 4 aromatic carbocycles. The number of benzene rings is 4. The van der Waals surface area contributed by atoms with Crippen LogP contribution in [0.1, 0.15) is 64.4 Å². The number of amides is 5. The van der Waals surface area contributed by atoms with Crippen LogP contribution in [0.3, 0.4) is 0 Å². The summed E-state index contributed by atoms with van der Waals surface area (Å²) in [5, 5.41) is 21.1. The number of aromatic nitrogens is 3. The van der Waals surface area contributed by atoms with E-state index in [1.54, 1.807) is 48.5 Å².